The number of carbonyl (C=O) groups excluding carboxylic acids is 2. The van der Waals surface area contributed by atoms with Gasteiger partial charge in [-0.25, -0.2) is 23.9 Å². The lowest BCUT2D eigenvalue weighted by Gasteiger charge is -2.44. The highest BCUT2D eigenvalue weighted by atomic mass is 35.5. The maximum absolute atomic E-state index is 15.3. The van der Waals surface area contributed by atoms with Gasteiger partial charge in [-0.3, -0.25) is 14.8 Å². The summed E-state index contributed by atoms with van der Waals surface area (Å²) in [4.78, 5) is 46.8. The number of ether oxygens (including phenoxy) is 3. The topological polar surface area (TPSA) is 115 Å². The summed E-state index contributed by atoms with van der Waals surface area (Å²) in [6, 6.07) is 10.6. The summed E-state index contributed by atoms with van der Waals surface area (Å²) in [5.74, 6) is -0.465. The fraction of sp³-hybridized carbons (Fsp3) is 0.537. The molecule has 1 aliphatic rings. The van der Waals surface area contributed by atoms with Crippen LogP contribution in [0.15, 0.2) is 48.9 Å². The van der Waals surface area contributed by atoms with Gasteiger partial charge < -0.3 is 23.7 Å². The predicted octanol–water partition coefficient (Wildman–Crippen LogP) is 9.34. The number of fused-ring (bicyclic) bond motifs is 1. The average molecular weight is 810 g/mol. The molecule has 5 rings (SSSR count). The summed E-state index contributed by atoms with van der Waals surface area (Å²) in [6.07, 6.45) is 2.42. The second-order valence-electron chi connectivity index (χ2n) is 17.8. The van der Waals surface area contributed by atoms with Crippen LogP contribution >= 0.6 is 11.6 Å². The average Bonchev–Trinajstić information content (AvgIpc) is 3.48. The molecule has 0 aliphatic carbocycles. The van der Waals surface area contributed by atoms with Gasteiger partial charge in [-0.1, -0.05) is 31.2 Å². The Morgan fingerprint density at radius 2 is 1.62 bits per heavy atom. The Kier molecular flexibility index (Phi) is 13.2. The third kappa shape index (κ3) is 11.3. The van der Waals surface area contributed by atoms with E-state index in [2.05, 4.69) is 34.5 Å². The first-order valence-electron chi connectivity index (χ1n) is 19.2. The molecule has 0 saturated carbocycles. The third-order valence-electron chi connectivity index (χ3n) is 9.18. The van der Waals surface area contributed by atoms with Crippen molar-refractivity contribution < 1.29 is 28.2 Å². The summed E-state index contributed by atoms with van der Waals surface area (Å²) in [5, 5.41) is 0.379. The van der Waals surface area contributed by atoms with Crippen LogP contribution in [-0.2, 0) is 20.9 Å². The zero-order valence-corrected chi connectivity index (χ0v) is 36.4. The quantitative estimate of drug-likeness (QED) is 0.108. The highest BCUT2D eigenvalue weighted by Crippen LogP contribution is 2.35. The van der Waals surface area contributed by atoms with Crippen LogP contribution in [0.5, 0.6) is 0 Å². The van der Waals surface area contributed by atoms with Gasteiger partial charge in [-0.15, -0.1) is 0 Å². The van der Waals surface area contributed by atoms with Crippen LogP contribution in [0.2, 0.25) is 30.7 Å². The van der Waals surface area contributed by atoms with Gasteiger partial charge in [0.25, 0.3) is 0 Å². The Balaban J connectivity index is 1.46. The van der Waals surface area contributed by atoms with Gasteiger partial charge in [0.15, 0.2) is 0 Å². The van der Waals surface area contributed by atoms with E-state index in [9.17, 15) is 9.59 Å². The summed E-state index contributed by atoms with van der Waals surface area (Å²) in [6.45, 7) is 24.8. The molecule has 12 nitrogen and oxygen atoms in total. The molecule has 0 radical (unpaired) electrons. The number of aromatic nitrogens is 4. The maximum atomic E-state index is 15.3. The Labute approximate surface area is 336 Å². The first-order valence-corrected chi connectivity index (χ1v) is 23.3. The van der Waals surface area contributed by atoms with Crippen LogP contribution in [0, 0.1) is 5.82 Å². The third-order valence-corrected chi connectivity index (χ3v) is 11.1. The smallest absolute Gasteiger partial charge is 0.414 e. The molecule has 1 saturated heterocycles. The van der Waals surface area contributed by atoms with Crippen molar-refractivity contribution in [1.29, 1.82) is 0 Å². The molecule has 2 atom stereocenters. The van der Waals surface area contributed by atoms with Crippen molar-refractivity contribution in [3.05, 3.63) is 59.8 Å². The van der Waals surface area contributed by atoms with Crippen molar-refractivity contribution in [2.45, 2.75) is 111 Å². The number of piperazine rings is 1. The number of hydrogen-bond acceptors (Lipinski definition) is 9. The first-order chi connectivity index (χ1) is 26.1. The van der Waals surface area contributed by atoms with Crippen LogP contribution in [0.4, 0.5) is 19.7 Å². The van der Waals surface area contributed by atoms with E-state index in [0.29, 0.717) is 71.6 Å². The normalized spacial score (nSPS) is 17.0. The van der Waals surface area contributed by atoms with Gasteiger partial charge in [0.2, 0.25) is 0 Å². The van der Waals surface area contributed by atoms with E-state index in [-0.39, 0.29) is 30.5 Å². The Hall–Kier alpha value is -4.11. The molecule has 1 aromatic carbocycles. The fourth-order valence-electron chi connectivity index (χ4n) is 6.62. The van der Waals surface area contributed by atoms with E-state index >= 15 is 4.39 Å². The van der Waals surface area contributed by atoms with E-state index in [4.69, 9.17) is 30.8 Å². The molecule has 15 heteroatoms. The summed E-state index contributed by atoms with van der Waals surface area (Å²) in [7, 11) is -1.33. The largest absolute Gasteiger partial charge is 0.444 e. The van der Waals surface area contributed by atoms with Crippen molar-refractivity contribution in [2.75, 3.05) is 37.7 Å². The summed E-state index contributed by atoms with van der Waals surface area (Å²) < 4.78 is 34.8. The molecule has 1 fully saturated rings. The number of hydrogen-bond donors (Lipinski definition) is 0. The Morgan fingerprint density at radius 3 is 2.27 bits per heavy atom. The van der Waals surface area contributed by atoms with E-state index in [1.807, 2.05) is 78.2 Å². The van der Waals surface area contributed by atoms with Crippen LogP contribution in [0.3, 0.4) is 0 Å². The van der Waals surface area contributed by atoms with Crippen LogP contribution < -0.4 is 4.90 Å². The minimum absolute atomic E-state index is 0.0991. The molecule has 1 unspecified atom stereocenters. The molecular formula is C41H57ClFN7O5Si. The SMILES string of the molecule is CC1CN(CCN(C(=O)OC(C)(C)C)c2cnc3ccc(-c4c(-c5cc(Cl)ccc5F)ncn4COCC[Si](C)(C)C)nc3c2)C[C@@H](C)N1C(=O)OC(C)(C)C. The highest BCUT2D eigenvalue weighted by molar-refractivity contribution is 6.76. The molecule has 4 aromatic rings. The van der Waals surface area contributed by atoms with Crippen molar-refractivity contribution in [3.63, 3.8) is 0 Å². The lowest BCUT2D eigenvalue weighted by Crippen LogP contribution is -2.60. The van der Waals surface area contributed by atoms with E-state index in [1.54, 1.807) is 28.4 Å². The first kappa shape index (κ1) is 43.0. The predicted molar refractivity (Wildman–Crippen MR) is 222 cm³/mol. The lowest BCUT2D eigenvalue weighted by atomic mass is 10.1. The maximum Gasteiger partial charge on any atom is 0.414 e. The van der Waals surface area contributed by atoms with Crippen molar-refractivity contribution in [3.8, 4) is 22.6 Å². The molecule has 2 amide bonds. The zero-order chi connectivity index (χ0) is 41.2. The van der Waals surface area contributed by atoms with Gasteiger partial charge in [0.1, 0.15) is 29.4 Å². The van der Waals surface area contributed by atoms with Gasteiger partial charge in [0.05, 0.1) is 40.6 Å². The number of imidazole rings is 1. The number of amides is 2. The lowest BCUT2D eigenvalue weighted by molar-refractivity contribution is -0.0145. The highest BCUT2D eigenvalue weighted by Gasteiger charge is 2.36. The molecule has 0 spiro atoms. The molecular weight excluding hydrogens is 753 g/mol. The van der Waals surface area contributed by atoms with E-state index < -0.39 is 31.2 Å². The molecule has 3 aromatic heterocycles. The molecule has 0 N–H and O–H groups in total. The van der Waals surface area contributed by atoms with Crippen LogP contribution in [0.25, 0.3) is 33.7 Å². The van der Waals surface area contributed by atoms with Crippen molar-refractivity contribution in [1.82, 2.24) is 29.3 Å². The van der Waals surface area contributed by atoms with E-state index in [1.165, 1.54) is 12.1 Å². The molecule has 1 aliphatic heterocycles. The number of nitrogens with zero attached hydrogens (tertiary/aromatic N) is 7. The molecule has 0 bridgehead atoms. The second-order valence-corrected chi connectivity index (χ2v) is 23.8. The van der Waals surface area contributed by atoms with E-state index in [0.717, 1.165) is 6.04 Å². The van der Waals surface area contributed by atoms with Gasteiger partial charge in [-0.2, -0.15) is 0 Å². The molecule has 56 heavy (non-hydrogen) atoms. The zero-order valence-electron chi connectivity index (χ0n) is 34.7. The molecule has 4 heterocycles. The number of pyridine rings is 2. The van der Waals surface area contributed by atoms with Crippen LogP contribution in [-0.4, -0.2) is 106 Å². The second kappa shape index (κ2) is 17.2. The molecule has 304 valence electrons. The minimum atomic E-state index is -1.33. The Bertz CT molecular complexity index is 2010. The van der Waals surface area contributed by atoms with Gasteiger partial charge in [-0.05, 0) is 97.8 Å². The number of carbonyl (C=O) groups is 2. The number of anilines is 1. The minimum Gasteiger partial charge on any atom is -0.444 e. The number of halogens is 2. The van der Waals surface area contributed by atoms with Crippen molar-refractivity contribution in [2.24, 2.45) is 0 Å². The monoisotopic (exact) mass is 809 g/mol. The summed E-state index contributed by atoms with van der Waals surface area (Å²) >= 11 is 6.32. The van der Waals surface area contributed by atoms with Gasteiger partial charge >= 0.3 is 12.2 Å². The Morgan fingerprint density at radius 1 is 0.946 bits per heavy atom. The van der Waals surface area contributed by atoms with Crippen LogP contribution in [0.1, 0.15) is 55.4 Å². The summed E-state index contributed by atoms with van der Waals surface area (Å²) in [5.41, 5.74) is 2.00. The fourth-order valence-corrected chi connectivity index (χ4v) is 7.54. The standard InChI is InChI=1S/C41H57ClFN7O5Si/c1-27-23-47(24-28(2)50(27)39(52)55-41(6,7)8)16-17-49(38(51)54-40(3,4)5)30-21-35-33(44-22-30)14-15-34(46-35)37-36(31-20-29(42)12-13-32(31)43)45-25-48(37)26-53-18-19-56(9,10)11/h12-15,20-22,25,27-28H,16-19,23-24,26H2,1-11H3/t27-,28?/m1/s1. The number of rotatable bonds is 11. The number of benzene rings is 1. The van der Waals surface area contributed by atoms with Crippen molar-refractivity contribution >= 4 is 48.6 Å². The van der Waals surface area contributed by atoms with Gasteiger partial charge in [0, 0.05) is 63.5 Å².